The van der Waals surface area contributed by atoms with Crippen molar-refractivity contribution in [2.45, 2.75) is 30.9 Å². The van der Waals surface area contributed by atoms with E-state index >= 15 is 0 Å². The minimum atomic E-state index is -0.0346. The minimum absolute atomic E-state index is 0.0346. The first-order chi connectivity index (χ1) is 7.13. The standard InChI is InChI=1S/C12H17NOS/c1-4-13-12(14)10(3)15-11-7-5-9(2)6-8-11/h5-8,10H,4H2,1-3H3,(H,13,14). The summed E-state index contributed by atoms with van der Waals surface area (Å²) >= 11 is 1.59. The first-order valence-electron chi connectivity index (χ1n) is 5.14. The molecule has 0 spiro atoms. The normalized spacial score (nSPS) is 12.2. The number of nitrogens with one attached hydrogen (secondary N) is 1. The Hall–Kier alpha value is -0.960. The number of hydrogen-bond acceptors (Lipinski definition) is 2. The summed E-state index contributed by atoms with van der Waals surface area (Å²) in [6.07, 6.45) is 0. The van der Waals surface area contributed by atoms with Gasteiger partial charge in [0.1, 0.15) is 0 Å². The van der Waals surface area contributed by atoms with Crippen LogP contribution < -0.4 is 5.32 Å². The van der Waals surface area contributed by atoms with E-state index in [1.807, 2.05) is 13.8 Å². The van der Waals surface area contributed by atoms with Crippen molar-refractivity contribution >= 4 is 17.7 Å². The van der Waals surface area contributed by atoms with Crippen LogP contribution in [-0.2, 0) is 4.79 Å². The van der Waals surface area contributed by atoms with Crippen LogP contribution in [0.5, 0.6) is 0 Å². The van der Waals surface area contributed by atoms with Gasteiger partial charge in [-0.15, -0.1) is 11.8 Å². The van der Waals surface area contributed by atoms with Crippen molar-refractivity contribution in [3.05, 3.63) is 29.8 Å². The van der Waals surface area contributed by atoms with E-state index in [4.69, 9.17) is 0 Å². The van der Waals surface area contributed by atoms with Crippen molar-refractivity contribution < 1.29 is 4.79 Å². The largest absolute Gasteiger partial charge is 0.355 e. The Labute approximate surface area is 95.5 Å². The highest BCUT2D eigenvalue weighted by atomic mass is 32.2. The molecule has 0 aliphatic carbocycles. The maximum atomic E-state index is 11.5. The van der Waals surface area contributed by atoms with Gasteiger partial charge in [0.05, 0.1) is 5.25 Å². The zero-order chi connectivity index (χ0) is 11.3. The number of carbonyl (C=O) groups excluding carboxylic acids is 1. The quantitative estimate of drug-likeness (QED) is 0.795. The molecule has 0 aromatic heterocycles. The average Bonchev–Trinajstić information content (AvgIpc) is 2.22. The molecule has 0 bridgehead atoms. The molecule has 0 saturated heterocycles. The van der Waals surface area contributed by atoms with Gasteiger partial charge >= 0.3 is 0 Å². The second-order valence-electron chi connectivity index (χ2n) is 3.47. The molecule has 82 valence electrons. The molecule has 0 radical (unpaired) electrons. The first kappa shape index (κ1) is 12.1. The summed E-state index contributed by atoms with van der Waals surface area (Å²) in [5, 5.41) is 2.78. The molecule has 1 atom stereocenters. The molecular formula is C12H17NOS. The molecule has 0 heterocycles. The summed E-state index contributed by atoms with van der Waals surface area (Å²) < 4.78 is 0. The van der Waals surface area contributed by atoms with Crippen molar-refractivity contribution in [2.24, 2.45) is 0 Å². The van der Waals surface area contributed by atoms with E-state index < -0.39 is 0 Å². The molecular weight excluding hydrogens is 206 g/mol. The summed E-state index contributed by atoms with van der Waals surface area (Å²) in [6.45, 7) is 6.61. The number of benzene rings is 1. The van der Waals surface area contributed by atoms with Gasteiger partial charge in [0.25, 0.3) is 0 Å². The molecule has 2 nitrogen and oxygen atoms in total. The Morgan fingerprint density at radius 1 is 1.40 bits per heavy atom. The molecule has 0 aliphatic rings. The highest BCUT2D eigenvalue weighted by molar-refractivity contribution is 8.00. The fourth-order valence-corrected chi connectivity index (χ4v) is 2.08. The third-order valence-electron chi connectivity index (χ3n) is 2.05. The van der Waals surface area contributed by atoms with Gasteiger partial charge in [-0.3, -0.25) is 4.79 Å². The third kappa shape index (κ3) is 3.96. The SMILES string of the molecule is CCNC(=O)C(C)Sc1ccc(C)cc1. The van der Waals surface area contributed by atoms with Gasteiger partial charge in [-0.05, 0) is 32.9 Å². The second kappa shape index (κ2) is 5.81. The van der Waals surface area contributed by atoms with Gasteiger partial charge in [-0.25, -0.2) is 0 Å². The lowest BCUT2D eigenvalue weighted by atomic mass is 10.2. The molecule has 1 N–H and O–H groups in total. The van der Waals surface area contributed by atoms with E-state index in [0.717, 1.165) is 4.90 Å². The van der Waals surface area contributed by atoms with Gasteiger partial charge < -0.3 is 5.32 Å². The Morgan fingerprint density at radius 2 is 2.00 bits per heavy atom. The minimum Gasteiger partial charge on any atom is -0.355 e. The van der Waals surface area contributed by atoms with Crippen LogP contribution in [0.15, 0.2) is 29.2 Å². The van der Waals surface area contributed by atoms with Crippen LogP contribution in [0.1, 0.15) is 19.4 Å². The predicted octanol–water partition coefficient (Wildman–Crippen LogP) is 2.61. The fourth-order valence-electron chi connectivity index (χ4n) is 1.19. The Bertz CT molecular complexity index is 321. The van der Waals surface area contributed by atoms with Crippen LogP contribution in [-0.4, -0.2) is 17.7 Å². The van der Waals surface area contributed by atoms with E-state index in [1.54, 1.807) is 11.8 Å². The fraction of sp³-hybridized carbons (Fsp3) is 0.417. The molecule has 0 fully saturated rings. The Kier molecular flexibility index (Phi) is 4.69. The number of aryl methyl sites for hydroxylation is 1. The summed E-state index contributed by atoms with van der Waals surface area (Å²) in [7, 11) is 0. The van der Waals surface area contributed by atoms with Crippen molar-refractivity contribution in [1.82, 2.24) is 5.32 Å². The zero-order valence-electron chi connectivity index (χ0n) is 9.41. The molecule has 1 aromatic carbocycles. The smallest absolute Gasteiger partial charge is 0.233 e. The number of carbonyl (C=O) groups is 1. The van der Waals surface area contributed by atoms with Crippen LogP contribution in [0.4, 0.5) is 0 Å². The lowest BCUT2D eigenvalue weighted by Gasteiger charge is -2.10. The van der Waals surface area contributed by atoms with Crippen molar-refractivity contribution in [2.75, 3.05) is 6.54 Å². The monoisotopic (exact) mass is 223 g/mol. The summed E-state index contributed by atoms with van der Waals surface area (Å²) in [5.41, 5.74) is 1.24. The molecule has 1 rings (SSSR count). The van der Waals surface area contributed by atoms with Crippen LogP contribution >= 0.6 is 11.8 Å². The van der Waals surface area contributed by atoms with Crippen molar-refractivity contribution in [3.8, 4) is 0 Å². The van der Waals surface area contributed by atoms with Crippen molar-refractivity contribution in [3.63, 3.8) is 0 Å². The summed E-state index contributed by atoms with van der Waals surface area (Å²) in [5.74, 6) is 0.100. The van der Waals surface area contributed by atoms with Crippen molar-refractivity contribution in [1.29, 1.82) is 0 Å². The van der Waals surface area contributed by atoms with Gasteiger partial charge in [0.15, 0.2) is 0 Å². The highest BCUT2D eigenvalue weighted by Gasteiger charge is 2.12. The third-order valence-corrected chi connectivity index (χ3v) is 3.17. The lowest BCUT2D eigenvalue weighted by Crippen LogP contribution is -2.30. The predicted molar refractivity (Wildman–Crippen MR) is 65.2 cm³/mol. The molecule has 1 amide bonds. The molecule has 15 heavy (non-hydrogen) atoms. The van der Waals surface area contributed by atoms with E-state index in [1.165, 1.54) is 5.56 Å². The Balaban J connectivity index is 2.54. The van der Waals surface area contributed by atoms with Gasteiger partial charge in [0, 0.05) is 11.4 Å². The molecule has 1 unspecified atom stereocenters. The molecule has 3 heteroatoms. The Morgan fingerprint density at radius 3 is 2.53 bits per heavy atom. The maximum Gasteiger partial charge on any atom is 0.233 e. The van der Waals surface area contributed by atoms with Gasteiger partial charge in [-0.1, -0.05) is 17.7 Å². The van der Waals surface area contributed by atoms with Gasteiger partial charge in [-0.2, -0.15) is 0 Å². The average molecular weight is 223 g/mol. The lowest BCUT2D eigenvalue weighted by molar-refractivity contribution is -0.120. The second-order valence-corrected chi connectivity index (χ2v) is 4.88. The van der Waals surface area contributed by atoms with Crippen LogP contribution in [0.3, 0.4) is 0 Å². The first-order valence-corrected chi connectivity index (χ1v) is 6.02. The molecule has 0 aliphatic heterocycles. The van der Waals surface area contributed by atoms with E-state index in [9.17, 15) is 4.79 Å². The topological polar surface area (TPSA) is 29.1 Å². The van der Waals surface area contributed by atoms with Crippen LogP contribution in [0, 0.1) is 6.92 Å². The van der Waals surface area contributed by atoms with Crippen LogP contribution in [0.25, 0.3) is 0 Å². The molecule has 0 saturated carbocycles. The zero-order valence-corrected chi connectivity index (χ0v) is 10.2. The molecule has 1 aromatic rings. The summed E-state index contributed by atoms with van der Waals surface area (Å²) in [6, 6.07) is 8.23. The summed E-state index contributed by atoms with van der Waals surface area (Å²) in [4.78, 5) is 12.6. The van der Waals surface area contributed by atoms with E-state index in [2.05, 4.69) is 36.5 Å². The number of amides is 1. The number of thioether (sulfide) groups is 1. The number of rotatable bonds is 4. The highest BCUT2D eigenvalue weighted by Crippen LogP contribution is 2.23. The van der Waals surface area contributed by atoms with E-state index in [-0.39, 0.29) is 11.2 Å². The maximum absolute atomic E-state index is 11.5. The van der Waals surface area contributed by atoms with E-state index in [0.29, 0.717) is 6.54 Å². The van der Waals surface area contributed by atoms with Gasteiger partial charge in [0.2, 0.25) is 5.91 Å². The van der Waals surface area contributed by atoms with Crippen LogP contribution in [0.2, 0.25) is 0 Å². The number of hydrogen-bond donors (Lipinski definition) is 1.